The Morgan fingerprint density at radius 1 is 1.20 bits per heavy atom. The summed E-state index contributed by atoms with van der Waals surface area (Å²) in [7, 11) is 0. The Labute approximate surface area is 146 Å². The lowest BCUT2D eigenvalue weighted by atomic mass is 10.1. The van der Waals surface area contributed by atoms with E-state index in [1.165, 1.54) is 6.08 Å². The zero-order chi connectivity index (χ0) is 18.1. The van der Waals surface area contributed by atoms with Crippen molar-refractivity contribution in [2.45, 2.75) is 20.5 Å². The zero-order valence-electron chi connectivity index (χ0n) is 14.2. The standard InChI is InChI=1S/C19H19N3O3/c1-3-24-19(23)17(21-22-20)12-15-9-6-7-11-18(15)25-13-16-10-5-4-8-14(16)2/h4-12H,3,13H2,1-2H3/b17-12-. The van der Waals surface area contributed by atoms with Gasteiger partial charge in [0.05, 0.1) is 6.61 Å². The van der Waals surface area contributed by atoms with Crippen LogP contribution in [0.1, 0.15) is 23.6 Å². The molecular formula is C19H19N3O3. The fourth-order valence-electron chi connectivity index (χ4n) is 2.19. The molecule has 0 radical (unpaired) electrons. The van der Waals surface area contributed by atoms with E-state index in [-0.39, 0.29) is 12.3 Å². The molecule has 0 heterocycles. The van der Waals surface area contributed by atoms with Gasteiger partial charge in [-0.15, -0.1) is 0 Å². The van der Waals surface area contributed by atoms with E-state index in [4.69, 9.17) is 15.0 Å². The number of hydrogen-bond acceptors (Lipinski definition) is 4. The number of nitrogens with zero attached hydrogens (tertiary/aromatic N) is 3. The summed E-state index contributed by atoms with van der Waals surface area (Å²) in [5.74, 6) is -0.0882. The van der Waals surface area contributed by atoms with Gasteiger partial charge in [0.1, 0.15) is 18.1 Å². The quantitative estimate of drug-likeness (QED) is 0.239. The Balaban J connectivity index is 2.27. The summed E-state index contributed by atoms with van der Waals surface area (Å²) in [6, 6.07) is 15.2. The number of hydrogen-bond donors (Lipinski definition) is 0. The highest BCUT2D eigenvalue weighted by atomic mass is 16.5. The van der Waals surface area contributed by atoms with E-state index in [1.54, 1.807) is 19.1 Å². The number of ether oxygens (including phenoxy) is 2. The van der Waals surface area contributed by atoms with Crippen LogP contribution < -0.4 is 4.74 Å². The summed E-state index contributed by atoms with van der Waals surface area (Å²) in [6.45, 7) is 4.30. The minimum absolute atomic E-state index is 0.115. The summed E-state index contributed by atoms with van der Waals surface area (Å²) in [4.78, 5) is 14.6. The van der Waals surface area contributed by atoms with Gasteiger partial charge in [0.15, 0.2) is 0 Å². The highest BCUT2D eigenvalue weighted by Gasteiger charge is 2.11. The Morgan fingerprint density at radius 2 is 1.92 bits per heavy atom. The summed E-state index contributed by atoms with van der Waals surface area (Å²) < 4.78 is 10.8. The lowest BCUT2D eigenvalue weighted by Gasteiger charge is -2.11. The summed E-state index contributed by atoms with van der Waals surface area (Å²) in [5, 5.41) is 3.42. The first-order valence-corrected chi connectivity index (χ1v) is 7.86. The third-order valence-electron chi connectivity index (χ3n) is 3.49. The molecule has 0 saturated heterocycles. The van der Waals surface area contributed by atoms with Crippen molar-refractivity contribution in [2.24, 2.45) is 5.11 Å². The molecule has 6 nitrogen and oxygen atoms in total. The number of esters is 1. The van der Waals surface area contributed by atoms with Crippen molar-refractivity contribution in [1.29, 1.82) is 0 Å². The molecule has 2 rings (SSSR count). The van der Waals surface area contributed by atoms with E-state index >= 15 is 0 Å². The molecule has 0 bridgehead atoms. The smallest absolute Gasteiger partial charge is 0.340 e. The van der Waals surface area contributed by atoms with Crippen LogP contribution in [-0.4, -0.2) is 12.6 Å². The molecule has 2 aromatic rings. The van der Waals surface area contributed by atoms with Gasteiger partial charge in [-0.3, -0.25) is 0 Å². The first-order valence-electron chi connectivity index (χ1n) is 7.86. The van der Waals surface area contributed by atoms with E-state index in [9.17, 15) is 4.79 Å². The van der Waals surface area contributed by atoms with Crippen LogP contribution in [0.5, 0.6) is 5.75 Å². The van der Waals surface area contributed by atoms with Gasteiger partial charge in [-0.25, -0.2) is 4.79 Å². The number of azide groups is 1. The van der Waals surface area contributed by atoms with Crippen LogP contribution in [0.4, 0.5) is 0 Å². The molecule has 0 aliphatic heterocycles. The van der Waals surface area contributed by atoms with Crippen molar-refractivity contribution < 1.29 is 14.3 Å². The first kappa shape index (κ1) is 18.1. The van der Waals surface area contributed by atoms with Gasteiger partial charge in [0.25, 0.3) is 0 Å². The highest BCUT2D eigenvalue weighted by Crippen LogP contribution is 2.23. The topological polar surface area (TPSA) is 84.3 Å². The second-order valence-electron chi connectivity index (χ2n) is 5.19. The lowest BCUT2D eigenvalue weighted by Crippen LogP contribution is -2.06. The van der Waals surface area contributed by atoms with Crippen molar-refractivity contribution in [1.82, 2.24) is 0 Å². The van der Waals surface area contributed by atoms with Crippen molar-refractivity contribution in [3.63, 3.8) is 0 Å². The molecule has 0 unspecified atom stereocenters. The van der Waals surface area contributed by atoms with Gasteiger partial charge in [-0.2, -0.15) is 0 Å². The maximum absolute atomic E-state index is 11.9. The zero-order valence-corrected chi connectivity index (χ0v) is 14.2. The minimum atomic E-state index is -0.672. The monoisotopic (exact) mass is 337 g/mol. The number of carbonyl (C=O) groups excluding carboxylic acids is 1. The van der Waals surface area contributed by atoms with Crippen molar-refractivity contribution in [2.75, 3.05) is 6.61 Å². The summed E-state index contributed by atoms with van der Waals surface area (Å²) in [5.41, 5.74) is 11.4. The molecule has 0 N–H and O–H groups in total. The number of aryl methyl sites for hydroxylation is 1. The maximum Gasteiger partial charge on any atom is 0.340 e. The average Bonchev–Trinajstić information content (AvgIpc) is 2.62. The van der Waals surface area contributed by atoms with E-state index in [0.717, 1.165) is 11.1 Å². The van der Waals surface area contributed by atoms with Crippen LogP contribution in [0.25, 0.3) is 16.5 Å². The van der Waals surface area contributed by atoms with Crippen LogP contribution in [0.15, 0.2) is 59.3 Å². The average molecular weight is 337 g/mol. The molecular weight excluding hydrogens is 318 g/mol. The van der Waals surface area contributed by atoms with Gasteiger partial charge in [-0.05, 0) is 42.6 Å². The molecule has 0 amide bonds. The van der Waals surface area contributed by atoms with Crippen LogP contribution in [-0.2, 0) is 16.1 Å². The van der Waals surface area contributed by atoms with Gasteiger partial charge >= 0.3 is 5.97 Å². The molecule has 128 valence electrons. The fourth-order valence-corrected chi connectivity index (χ4v) is 2.19. The molecule has 6 heteroatoms. The molecule has 0 atom stereocenters. The summed E-state index contributed by atoms with van der Waals surface area (Å²) >= 11 is 0. The normalized spacial score (nSPS) is 10.7. The number of rotatable bonds is 7. The first-order chi connectivity index (χ1) is 12.2. The number of benzene rings is 2. The second kappa shape index (κ2) is 9.15. The molecule has 25 heavy (non-hydrogen) atoms. The van der Waals surface area contributed by atoms with Gasteiger partial charge in [-0.1, -0.05) is 47.6 Å². The van der Waals surface area contributed by atoms with Crippen LogP contribution in [0, 0.1) is 6.92 Å². The number of para-hydroxylation sites is 1. The van der Waals surface area contributed by atoms with E-state index in [1.807, 2.05) is 43.3 Å². The van der Waals surface area contributed by atoms with Gasteiger partial charge in [0, 0.05) is 10.5 Å². The third-order valence-corrected chi connectivity index (χ3v) is 3.49. The summed E-state index contributed by atoms with van der Waals surface area (Å²) in [6.07, 6.45) is 1.46. The highest BCUT2D eigenvalue weighted by molar-refractivity contribution is 5.93. The maximum atomic E-state index is 11.9. The SMILES string of the molecule is CCOC(=O)/C(=C/c1ccccc1OCc1ccccc1C)N=[N+]=[N-]. The van der Waals surface area contributed by atoms with E-state index in [0.29, 0.717) is 17.9 Å². The van der Waals surface area contributed by atoms with Crippen LogP contribution in [0.3, 0.4) is 0 Å². The largest absolute Gasteiger partial charge is 0.488 e. The minimum Gasteiger partial charge on any atom is -0.488 e. The van der Waals surface area contributed by atoms with Crippen molar-refractivity contribution in [3.8, 4) is 5.75 Å². The predicted octanol–water partition coefficient (Wildman–Crippen LogP) is 4.79. The lowest BCUT2D eigenvalue weighted by molar-refractivity contribution is -0.138. The Bertz CT molecular complexity index is 824. The molecule has 0 aliphatic carbocycles. The Kier molecular flexibility index (Phi) is 6.63. The molecule has 0 aromatic heterocycles. The predicted molar refractivity (Wildman–Crippen MR) is 95.7 cm³/mol. The molecule has 0 aliphatic rings. The number of carbonyl (C=O) groups is 1. The van der Waals surface area contributed by atoms with Gasteiger partial charge in [0.2, 0.25) is 0 Å². The molecule has 0 saturated carbocycles. The fraction of sp³-hybridized carbons (Fsp3) is 0.211. The van der Waals surface area contributed by atoms with E-state index < -0.39 is 5.97 Å². The molecule has 0 fully saturated rings. The van der Waals surface area contributed by atoms with Crippen molar-refractivity contribution >= 4 is 12.0 Å². The molecule has 2 aromatic carbocycles. The van der Waals surface area contributed by atoms with Crippen LogP contribution >= 0.6 is 0 Å². The Morgan fingerprint density at radius 3 is 2.64 bits per heavy atom. The Hall–Kier alpha value is -3.24. The van der Waals surface area contributed by atoms with Gasteiger partial charge < -0.3 is 9.47 Å². The van der Waals surface area contributed by atoms with Crippen LogP contribution in [0.2, 0.25) is 0 Å². The second-order valence-corrected chi connectivity index (χ2v) is 5.19. The molecule has 0 spiro atoms. The third kappa shape index (κ3) is 5.12. The van der Waals surface area contributed by atoms with Crippen molar-refractivity contribution in [3.05, 3.63) is 81.4 Å². The van der Waals surface area contributed by atoms with E-state index in [2.05, 4.69) is 10.0 Å².